The molecule has 0 unspecified atom stereocenters. The van der Waals surface area contributed by atoms with E-state index in [1.54, 1.807) is 0 Å². The van der Waals surface area contributed by atoms with Gasteiger partial charge in [0.05, 0.1) is 5.69 Å². The Balaban J connectivity index is 2.69. The quantitative estimate of drug-likeness (QED) is 0.756. The zero-order valence-corrected chi connectivity index (χ0v) is 9.48. The molecule has 0 aliphatic rings. The number of aromatic nitrogens is 3. The van der Waals surface area contributed by atoms with Crippen LogP contribution >= 0.6 is 0 Å². The zero-order chi connectivity index (χ0) is 11.0. The molecule has 2 aromatic heterocycles. The smallest absolute Gasteiger partial charge is 0.250 e. The van der Waals surface area contributed by atoms with Gasteiger partial charge in [-0.15, -0.1) is 0 Å². The van der Waals surface area contributed by atoms with Crippen molar-refractivity contribution < 1.29 is 4.42 Å². The molecule has 2 aromatic rings. The van der Waals surface area contributed by atoms with Crippen molar-refractivity contribution in [3.63, 3.8) is 0 Å². The van der Waals surface area contributed by atoms with Crippen molar-refractivity contribution in [1.29, 1.82) is 0 Å². The van der Waals surface area contributed by atoms with Crippen molar-refractivity contribution >= 4 is 11.2 Å². The van der Waals surface area contributed by atoms with Gasteiger partial charge in [0.2, 0.25) is 5.71 Å². The predicted molar refractivity (Wildman–Crippen MR) is 57.8 cm³/mol. The van der Waals surface area contributed by atoms with Gasteiger partial charge in [-0.25, -0.2) is 9.97 Å². The third-order valence-corrected chi connectivity index (χ3v) is 2.31. The molecule has 0 spiro atoms. The lowest BCUT2D eigenvalue weighted by Crippen LogP contribution is -2.03. The molecule has 0 aromatic carbocycles. The summed E-state index contributed by atoms with van der Waals surface area (Å²) in [5.74, 6) is 1.46. The van der Waals surface area contributed by atoms with Gasteiger partial charge in [-0.1, -0.05) is 27.7 Å². The number of hydrogen-bond acceptors (Lipinski definition) is 4. The summed E-state index contributed by atoms with van der Waals surface area (Å²) in [7, 11) is 0. The van der Waals surface area contributed by atoms with Crippen molar-refractivity contribution in [3.05, 3.63) is 17.9 Å². The van der Waals surface area contributed by atoms with E-state index in [-0.39, 0.29) is 0 Å². The van der Waals surface area contributed by atoms with Crippen LogP contribution < -0.4 is 0 Å². The van der Waals surface area contributed by atoms with Crippen LogP contribution in [0.4, 0.5) is 0 Å². The summed E-state index contributed by atoms with van der Waals surface area (Å²) >= 11 is 0. The molecule has 4 nitrogen and oxygen atoms in total. The van der Waals surface area contributed by atoms with E-state index in [1.807, 2.05) is 0 Å². The first-order valence-electron chi connectivity index (χ1n) is 5.20. The van der Waals surface area contributed by atoms with E-state index in [4.69, 9.17) is 4.42 Å². The molecule has 0 aliphatic heterocycles. The molecular formula is C11H15N3O. The minimum Gasteiger partial charge on any atom is -0.425 e. The summed E-state index contributed by atoms with van der Waals surface area (Å²) in [5.41, 5.74) is 2.35. The van der Waals surface area contributed by atoms with Crippen LogP contribution in [0.1, 0.15) is 51.0 Å². The van der Waals surface area contributed by atoms with E-state index in [9.17, 15) is 0 Å². The summed E-state index contributed by atoms with van der Waals surface area (Å²) in [4.78, 5) is 13.0. The second kappa shape index (κ2) is 3.61. The van der Waals surface area contributed by atoms with Crippen LogP contribution in [0.5, 0.6) is 0 Å². The number of oxazole rings is 1. The van der Waals surface area contributed by atoms with Gasteiger partial charge in [-0.2, -0.15) is 4.98 Å². The lowest BCUT2D eigenvalue weighted by molar-refractivity contribution is 0.584. The van der Waals surface area contributed by atoms with Crippen LogP contribution in [0.15, 0.2) is 10.8 Å². The first-order valence-corrected chi connectivity index (χ1v) is 5.20. The topological polar surface area (TPSA) is 51.8 Å². The Morgan fingerprint density at radius 3 is 2.40 bits per heavy atom. The molecular weight excluding hydrogens is 190 g/mol. The van der Waals surface area contributed by atoms with Crippen molar-refractivity contribution in [1.82, 2.24) is 15.0 Å². The zero-order valence-electron chi connectivity index (χ0n) is 9.48. The van der Waals surface area contributed by atoms with Crippen molar-refractivity contribution in [2.24, 2.45) is 0 Å². The molecule has 0 aliphatic carbocycles. The lowest BCUT2D eigenvalue weighted by atomic mass is 10.1. The molecule has 2 rings (SSSR count). The average Bonchev–Trinajstić information content (AvgIpc) is 2.62. The normalized spacial score (nSPS) is 11.9. The predicted octanol–water partition coefficient (Wildman–Crippen LogP) is 2.86. The van der Waals surface area contributed by atoms with Gasteiger partial charge in [0.25, 0.3) is 0 Å². The Morgan fingerprint density at radius 1 is 1.07 bits per heavy atom. The monoisotopic (exact) mass is 205 g/mol. The van der Waals surface area contributed by atoms with Gasteiger partial charge < -0.3 is 4.42 Å². The van der Waals surface area contributed by atoms with E-state index < -0.39 is 0 Å². The molecule has 0 N–H and O–H groups in total. The van der Waals surface area contributed by atoms with Crippen molar-refractivity contribution in [2.75, 3.05) is 0 Å². The third-order valence-electron chi connectivity index (χ3n) is 2.31. The summed E-state index contributed by atoms with van der Waals surface area (Å²) < 4.78 is 5.24. The molecule has 0 amide bonds. The van der Waals surface area contributed by atoms with Crippen LogP contribution in [0.3, 0.4) is 0 Å². The highest BCUT2D eigenvalue weighted by atomic mass is 16.3. The van der Waals surface area contributed by atoms with Gasteiger partial charge in [-0.3, -0.25) is 0 Å². The molecule has 0 atom stereocenters. The van der Waals surface area contributed by atoms with Gasteiger partial charge in [0.1, 0.15) is 5.82 Å². The Hall–Kier alpha value is -1.45. The van der Waals surface area contributed by atoms with E-state index in [0.717, 1.165) is 17.0 Å². The highest BCUT2D eigenvalue weighted by Crippen LogP contribution is 2.23. The van der Waals surface area contributed by atoms with E-state index in [0.29, 0.717) is 17.5 Å². The number of rotatable bonds is 2. The molecule has 15 heavy (non-hydrogen) atoms. The average molecular weight is 205 g/mol. The lowest BCUT2D eigenvalue weighted by Gasteiger charge is -2.08. The number of hydrogen-bond donors (Lipinski definition) is 0. The molecule has 4 heteroatoms. The molecule has 0 bridgehead atoms. The van der Waals surface area contributed by atoms with Gasteiger partial charge in [-0.05, 0) is 5.92 Å². The summed E-state index contributed by atoms with van der Waals surface area (Å²) in [6.45, 7) is 8.34. The minimum absolute atomic E-state index is 0.303. The first kappa shape index (κ1) is 10.1. The summed E-state index contributed by atoms with van der Waals surface area (Å²) in [6.07, 6.45) is 1.43. The Bertz CT molecular complexity index is 474. The Morgan fingerprint density at radius 2 is 1.80 bits per heavy atom. The fraction of sp³-hybridized carbons (Fsp3) is 0.545. The van der Waals surface area contributed by atoms with Crippen LogP contribution in [0, 0.1) is 0 Å². The standard InChI is InChI=1S/C11H15N3O/c1-6(2)8-9-11(15-5-12-9)14-10(13-8)7(3)4/h5-7H,1-4H3. The maximum absolute atomic E-state index is 5.24. The van der Waals surface area contributed by atoms with Gasteiger partial charge >= 0.3 is 0 Å². The SMILES string of the molecule is CC(C)c1nc(C(C)C)c2ncoc2n1. The maximum atomic E-state index is 5.24. The number of fused-ring (bicyclic) bond motifs is 1. The van der Waals surface area contributed by atoms with Crippen LogP contribution in [0.2, 0.25) is 0 Å². The van der Waals surface area contributed by atoms with E-state index in [1.165, 1.54) is 6.39 Å². The molecule has 80 valence electrons. The minimum atomic E-state index is 0.303. The summed E-state index contributed by atoms with van der Waals surface area (Å²) in [6, 6.07) is 0. The van der Waals surface area contributed by atoms with Crippen LogP contribution in [-0.4, -0.2) is 15.0 Å². The summed E-state index contributed by atoms with van der Waals surface area (Å²) in [5, 5.41) is 0. The number of nitrogens with zero attached hydrogens (tertiary/aromatic N) is 3. The van der Waals surface area contributed by atoms with Gasteiger partial charge in [0, 0.05) is 5.92 Å². The maximum Gasteiger partial charge on any atom is 0.250 e. The molecule has 0 saturated carbocycles. The Kier molecular flexibility index (Phi) is 2.42. The van der Waals surface area contributed by atoms with Crippen molar-refractivity contribution in [3.8, 4) is 0 Å². The van der Waals surface area contributed by atoms with Crippen molar-refractivity contribution in [2.45, 2.75) is 39.5 Å². The fourth-order valence-corrected chi connectivity index (χ4v) is 1.46. The van der Waals surface area contributed by atoms with Crippen LogP contribution in [-0.2, 0) is 0 Å². The second-order valence-electron chi connectivity index (χ2n) is 4.28. The second-order valence-corrected chi connectivity index (χ2v) is 4.28. The molecule has 0 fully saturated rings. The Labute approximate surface area is 88.8 Å². The van der Waals surface area contributed by atoms with Crippen LogP contribution in [0.25, 0.3) is 11.2 Å². The van der Waals surface area contributed by atoms with E-state index >= 15 is 0 Å². The third kappa shape index (κ3) is 1.71. The molecule has 0 radical (unpaired) electrons. The van der Waals surface area contributed by atoms with Gasteiger partial charge in [0.15, 0.2) is 11.9 Å². The fourth-order valence-electron chi connectivity index (χ4n) is 1.46. The molecule has 0 saturated heterocycles. The molecule has 2 heterocycles. The first-order chi connectivity index (χ1) is 7.09. The highest BCUT2D eigenvalue weighted by Gasteiger charge is 2.15. The van der Waals surface area contributed by atoms with E-state index in [2.05, 4.69) is 42.6 Å². The largest absolute Gasteiger partial charge is 0.425 e. The highest BCUT2D eigenvalue weighted by molar-refractivity contribution is 5.71.